The fraction of sp³-hybridized carbons (Fsp3) is 0.846. The number of carboxylic acid groups (broad SMARTS) is 1. The lowest BCUT2D eigenvalue weighted by atomic mass is 9.89. The van der Waals surface area contributed by atoms with Crippen molar-refractivity contribution >= 4 is 12.0 Å². The van der Waals surface area contributed by atoms with Gasteiger partial charge in [-0.05, 0) is 32.6 Å². The first-order chi connectivity index (χ1) is 8.33. The summed E-state index contributed by atoms with van der Waals surface area (Å²) in [6.07, 6.45) is 6.10. The Kier molecular flexibility index (Phi) is 4.99. The van der Waals surface area contributed by atoms with Crippen molar-refractivity contribution in [2.45, 2.75) is 51.5 Å². The van der Waals surface area contributed by atoms with E-state index in [1.807, 2.05) is 0 Å². The zero-order valence-corrected chi connectivity index (χ0v) is 11.5. The van der Waals surface area contributed by atoms with Gasteiger partial charge in [0.25, 0.3) is 0 Å². The second kappa shape index (κ2) is 6.07. The molecule has 0 aliphatic heterocycles. The van der Waals surface area contributed by atoms with Crippen LogP contribution in [0.5, 0.6) is 0 Å². The Morgan fingerprint density at radius 2 is 1.83 bits per heavy atom. The minimum atomic E-state index is -1.22. The van der Waals surface area contributed by atoms with Gasteiger partial charge in [-0.1, -0.05) is 19.3 Å². The van der Waals surface area contributed by atoms with E-state index in [0.29, 0.717) is 12.5 Å². The molecule has 0 aromatic heterocycles. The lowest BCUT2D eigenvalue weighted by Gasteiger charge is -2.30. The Labute approximate surface area is 109 Å². The molecule has 18 heavy (non-hydrogen) atoms. The Morgan fingerprint density at radius 3 is 2.33 bits per heavy atom. The minimum Gasteiger partial charge on any atom is -0.480 e. The number of hydrogen-bond donors (Lipinski definition) is 2. The van der Waals surface area contributed by atoms with Gasteiger partial charge in [-0.25, -0.2) is 9.59 Å². The Hall–Kier alpha value is -1.26. The molecule has 1 aliphatic rings. The van der Waals surface area contributed by atoms with Crippen molar-refractivity contribution in [2.24, 2.45) is 5.92 Å². The van der Waals surface area contributed by atoms with Crippen LogP contribution >= 0.6 is 0 Å². The van der Waals surface area contributed by atoms with Crippen LogP contribution in [0.4, 0.5) is 4.79 Å². The van der Waals surface area contributed by atoms with Gasteiger partial charge in [0.05, 0.1) is 0 Å². The highest BCUT2D eigenvalue weighted by molar-refractivity contribution is 5.85. The number of aliphatic carboxylic acids is 1. The molecule has 1 saturated carbocycles. The molecule has 0 unspecified atom stereocenters. The SMILES string of the molecule is CN(CC1CCCCC1)C(=O)NC(C)(C)C(=O)O. The first-order valence-electron chi connectivity index (χ1n) is 6.59. The zero-order valence-electron chi connectivity index (χ0n) is 11.5. The number of hydrogen-bond acceptors (Lipinski definition) is 2. The molecule has 0 bridgehead atoms. The highest BCUT2D eigenvalue weighted by atomic mass is 16.4. The Balaban J connectivity index is 2.43. The predicted molar refractivity (Wildman–Crippen MR) is 69.5 cm³/mol. The second-order valence-corrected chi connectivity index (χ2v) is 5.74. The van der Waals surface area contributed by atoms with Crippen molar-refractivity contribution in [3.8, 4) is 0 Å². The number of nitrogens with zero attached hydrogens (tertiary/aromatic N) is 1. The average Bonchev–Trinajstić information content (AvgIpc) is 2.29. The largest absolute Gasteiger partial charge is 0.480 e. The van der Waals surface area contributed by atoms with Crippen LogP contribution in [0.25, 0.3) is 0 Å². The third kappa shape index (κ3) is 4.20. The normalized spacial score (nSPS) is 17.3. The van der Waals surface area contributed by atoms with Crippen LogP contribution in [0.2, 0.25) is 0 Å². The van der Waals surface area contributed by atoms with Crippen LogP contribution < -0.4 is 5.32 Å². The van der Waals surface area contributed by atoms with Gasteiger partial charge < -0.3 is 15.3 Å². The van der Waals surface area contributed by atoms with Crippen molar-refractivity contribution < 1.29 is 14.7 Å². The van der Waals surface area contributed by atoms with Gasteiger partial charge in [0.2, 0.25) is 0 Å². The van der Waals surface area contributed by atoms with E-state index in [-0.39, 0.29) is 6.03 Å². The number of carboxylic acids is 1. The van der Waals surface area contributed by atoms with E-state index in [4.69, 9.17) is 5.11 Å². The van der Waals surface area contributed by atoms with Gasteiger partial charge in [0.1, 0.15) is 5.54 Å². The van der Waals surface area contributed by atoms with Gasteiger partial charge in [-0.2, -0.15) is 0 Å². The molecule has 2 amide bonds. The zero-order chi connectivity index (χ0) is 13.8. The van der Waals surface area contributed by atoms with E-state index in [1.54, 1.807) is 11.9 Å². The number of amides is 2. The minimum absolute atomic E-state index is 0.312. The van der Waals surface area contributed by atoms with E-state index < -0.39 is 11.5 Å². The summed E-state index contributed by atoms with van der Waals surface area (Å²) < 4.78 is 0. The monoisotopic (exact) mass is 256 g/mol. The highest BCUT2D eigenvalue weighted by Gasteiger charge is 2.30. The Bertz CT molecular complexity index is 309. The summed E-state index contributed by atoms with van der Waals surface area (Å²) in [5, 5.41) is 11.5. The van der Waals surface area contributed by atoms with E-state index >= 15 is 0 Å². The molecular weight excluding hydrogens is 232 g/mol. The summed E-state index contributed by atoms with van der Waals surface area (Å²) in [6, 6.07) is -0.312. The van der Waals surface area contributed by atoms with Gasteiger partial charge >= 0.3 is 12.0 Å². The molecule has 1 fully saturated rings. The molecule has 1 rings (SSSR count). The fourth-order valence-electron chi connectivity index (χ4n) is 2.26. The number of nitrogens with one attached hydrogen (secondary N) is 1. The summed E-state index contributed by atoms with van der Waals surface area (Å²) in [5.41, 5.74) is -1.22. The molecule has 1 aliphatic carbocycles. The fourth-order valence-corrected chi connectivity index (χ4v) is 2.26. The molecule has 0 heterocycles. The molecule has 0 spiro atoms. The van der Waals surface area contributed by atoms with Gasteiger partial charge in [-0.3, -0.25) is 0 Å². The van der Waals surface area contributed by atoms with E-state index in [1.165, 1.54) is 46.0 Å². The summed E-state index contributed by atoms with van der Waals surface area (Å²) >= 11 is 0. The third-order valence-corrected chi connectivity index (χ3v) is 3.56. The van der Waals surface area contributed by atoms with Crippen LogP contribution in [0, 0.1) is 5.92 Å². The number of carbonyl (C=O) groups is 2. The molecule has 0 atom stereocenters. The first kappa shape index (κ1) is 14.8. The summed E-state index contributed by atoms with van der Waals surface area (Å²) in [6.45, 7) is 3.69. The van der Waals surface area contributed by atoms with Crippen LogP contribution in [-0.4, -0.2) is 41.1 Å². The smallest absolute Gasteiger partial charge is 0.328 e. The molecule has 5 nitrogen and oxygen atoms in total. The van der Waals surface area contributed by atoms with Gasteiger partial charge in [0.15, 0.2) is 0 Å². The van der Waals surface area contributed by atoms with Crippen molar-refractivity contribution in [3.63, 3.8) is 0 Å². The van der Waals surface area contributed by atoms with Crippen LogP contribution in [0.15, 0.2) is 0 Å². The predicted octanol–water partition coefficient (Wildman–Crippen LogP) is 2.07. The summed E-state index contributed by atoms with van der Waals surface area (Å²) in [5.74, 6) is -0.468. The molecule has 0 radical (unpaired) electrons. The molecular formula is C13H24N2O3. The van der Waals surface area contributed by atoms with E-state index in [9.17, 15) is 9.59 Å². The second-order valence-electron chi connectivity index (χ2n) is 5.74. The quantitative estimate of drug-likeness (QED) is 0.809. The standard InChI is InChI=1S/C13H24N2O3/c1-13(2,11(16)17)14-12(18)15(3)9-10-7-5-4-6-8-10/h10H,4-9H2,1-3H3,(H,14,18)(H,16,17). The van der Waals surface area contributed by atoms with Crippen molar-refractivity contribution in [2.75, 3.05) is 13.6 Å². The topological polar surface area (TPSA) is 69.6 Å². The third-order valence-electron chi connectivity index (χ3n) is 3.56. The summed E-state index contributed by atoms with van der Waals surface area (Å²) in [7, 11) is 1.72. The Morgan fingerprint density at radius 1 is 1.28 bits per heavy atom. The van der Waals surface area contributed by atoms with Crippen LogP contribution in [0.1, 0.15) is 46.0 Å². The van der Waals surface area contributed by atoms with E-state index in [2.05, 4.69) is 5.32 Å². The van der Waals surface area contributed by atoms with Gasteiger partial charge in [0, 0.05) is 13.6 Å². The van der Waals surface area contributed by atoms with Crippen LogP contribution in [-0.2, 0) is 4.79 Å². The molecule has 104 valence electrons. The lowest BCUT2D eigenvalue weighted by Crippen LogP contribution is -2.54. The number of rotatable bonds is 4. The number of urea groups is 1. The van der Waals surface area contributed by atoms with Crippen molar-refractivity contribution in [3.05, 3.63) is 0 Å². The first-order valence-corrected chi connectivity index (χ1v) is 6.59. The highest BCUT2D eigenvalue weighted by Crippen LogP contribution is 2.24. The maximum atomic E-state index is 11.9. The van der Waals surface area contributed by atoms with Gasteiger partial charge in [-0.15, -0.1) is 0 Å². The molecule has 0 aromatic carbocycles. The van der Waals surface area contributed by atoms with E-state index in [0.717, 1.165) is 0 Å². The lowest BCUT2D eigenvalue weighted by molar-refractivity contribution is -0.143. The molecule has 0 saturated heterocycles. The summed E-state index contributed by atoms with van der Waals surface area (Å²) in [4.78, 5) is 24.4. The number of carbonyl (C=O) groups excluding carboxylic acids is 1. The molecule has 2 N–H and O–H groups in total. The maximum absolute atomic E-state index is 11.9. The van der Waals surface area contributed by atoms with Crippen molar-refractivity contribution in [1.29, 1.82) is 0 Å². The maximum Gasteiger partial charge on any atom is 0.328 e. The van der Waals surface area contributed by atoms with Crippen LogP contribution in [0.3, 0.4) is 0 Å². The van der Waals surface area contributed by atoms with Crippen molar-refractivity contribution in [1.82, 2.24) is 10.2 Å². The average molecular weight is 256 g/mol. The molecule has 0 aromatic rings. The molecule has 5 heteroatoms.